The van der Waals surface area contributed by atoms with E-state index in [-0.39, 0.29) is 28.8 Å². The molecule has 5 rings (SSSR count). The summed E-state index contributed by atoms with van der Waals surface area (Å²) in [7, 11) is 0. The van der Waals surface area contributed by atoms with Crippen molar-refractivity contribution in [3.63, 3.8) is 0 Å². The Labute approximate surface area is 254 Å². The molecule has 8 nitrogen and oxygen atoms in total. The monoisotopic (exact) mass is 599 g/mol. The molecule has 4 N–H and O–H groups in total. The summed E-state index contributed by atoms with van der Waals surface area (Å²) in [4.78, 5) is 42.8. The van der Waals surface area contributed by atoms with Crippen LogP contribution in [0.3, 0.4) is 0 Å². The molecule has 1 saturated carbocycles. The Morgan fingerprint density at radius 1 is 0.977 bits per heavy atom. The molecule has 1 aliphatic rings. The number of halogens is 1. The molecule has 0 bridgehead atoms. The lowest BCUT2D eigenvalue weighted by Gasteiger charge is -2.31. The third-order valence-corrected chi connectivity index (χ3v) is 8.46. The molecular weight excluding hydrogens is 565 g/mol. The number of carbonyl (C=O) groups excluding carboxylic acids is 3. The molecule has 0 spiro atoms. The topological polar surface area (TPSA) is 117 Å². The molecule has 0 aliphatic heterocycles. The highest BCUT2D eigenvalue weighted by atomic mass is 32.1. The van der Waals surface area contributed by atoms with Gasteiger partial charge in [-0.15, -0.1) is 0 Å². The fourth-order valence-corrected chi connectivity index (χ4v) is 5.99. The first-order valence-corrected chi connectivity index (χ1v) is 15.1. The number of aryl methyl sites for hydroxylation is 1. The van der Waals surface area contributed by atoms with E-state index in [9.17, 15) is 18.8 Å². The fraction of sp³-hybridized carbons (Fsp3) is 0.273. The maximum absolute atomic E-state index is 14.4. The molecule has 10 heteroatoms. The molecule has 1 atom stereocenters. The minimum atomic E-state index is -1.18. The highest BCUT2D eigenvalue weighted by molar-refractivity contribution is 7.09. The van der Waals surface area contributed by atoms with E-state index in [0.717, 1.165) is 54.8 Å². The first-order valence-electron chi connectivity index (χ1n) is 14.3. The van der Waals surface area contributed by atoms with Crippen LogP contribution in [0.2, 0.25) is 0 Å². The quantitative estimate of drug-likeness (QED) is 0.220. The second kappa shape index (κ2) is 13.6. The van der Waals surface area contributed by atoms with Gasteiger partial charge < -0.3 is 16.4 Å². The molecular formula is C33H34FN5O3S. The van der Waals surface area contributed by atoms with Gasteiger partial charge in [-0.25, -0.2) is 4.39 Å². The zero-order valence-corrected chi connectivity index (χ0v) is 24.7. The number of benzene rings is 3. The summed E-state index contributed by atoms with van der Waals surface area (Å²) in [5.41, 5.74) is 9.04. The number of hydrogen-bond acceptors (Lipinski definition) is 6. The van der Waals surface area contributed by atoms with Crippen molar-refractivity contribution in [3.05, 3.63) is 112 Å². The summed E-state index contributed by atoms with van der Waals surface area (Å²) >= 11 is 0.819. The number of nitrogen functional groups attached to an aromatic ring is 1. The zero-order valence-electron chi connectivity index (χ0n) is 23.9. The summed E-state index contributed by atoms with van der Waals surface area (Å²) in [5, 5.41) is 5.93. The summed E-state index contributed by atoms with van der Waals surface area (Å²) in [6, 6.07) is 20.9. The molecule has 1 aromatic heterocycles. The summed E-state index contributed by atoms with van der Waals surface area (Å²) in [5.74, 6) is -1.96. The van der Waals surface area contributed by atoms with E-state index < -0.39 is 29.6 Å². The van der Waals surface area contributed by atoms with Gasteiger partial charge in [0.05, 0.1) is 5.69 Å². The van der Waals surface area contributed by atoms with Gasteiger partial charge in [-0.2, -0.15) is 4.37 Å². The van der Waals surface area contributed by atoms with Gasteiger partial charge in [0, 0.05) is 18.3 Å². The molecule has 3 amide bonds. The Balaban J connectivity index is 1.52. The number of nitrogens with one attached hydrogen (secondary N) is 2. The van der Waals surface area contributed by atoms with Gasteiger partial charge in [0.25, 0.3) is 11.8 Å². The molecule has 3 aromatic carbocycles. The van der Waals surface area contributed by atoms with E-state index in [2.05, 4.69) is 15.0 Å². The SMILES string of the molecule is Cc1ccc(N(C(=O)c2snc(C(=O)NC3CCCCC3)c2N)[C@H](C(=O)NCc2ccccc2)c2ccc(F)cc2)cc1. The van der Waals surface area contributed by atoms with Crippen molar-refractivity contribution >= 4 is 40.6 Å². The Hall–Kier alpha value is -4.57. The van der Waals surface area contributed by atoms with Gasteiger partial charge in [0.1, 0.15) is 16.7 Å². The van der Waals surface area contributed by atoms with Crippen LogP contribution in [0.25, 0.3) is 0 Å². The Kier molecular flexibility index (Phi) is 9.46. The Morgan fingerprint density at radius 2 is 1.65 bits per heavy atom. The zero-order chi connectivity index (χ0) is 30.3. The minimum Gasteiger partial charge on any atom is -0.395 e. The number of anilines is 2. The third kappa shape index (κ3) is 7.09. The van der Waals surface area contributed by atoms with Gasteiger partial charge in [-0.05, 0) is 66.7 Å². The number of aromatic nitrogens is 1. The van der Waals surface area contributed by atoms with Crippen molar-refractivity contribution in [2.45, 2.75) is 57.7 Å². The largest absolute Gasteiger partial charge is 0.395 e. The Morgan fingerprint density at radius 3 is 2.33 bits per heavy atom. The highest BCUT2D eigenvalue weighted by Crippen LogP contribution is 2.34. The fourth-order valence-electron chi connectivity index (χ4n) is 5.26. The molecule has 0 saturated heterocycles. The lowest BCUT2D eigenvalue weighted by Crippen LogP contribution is -2.44. The van der Waals surface area contributed by atoms with Crippen LogP contribution >= 0.6 is 11.5 Å². The Bertz CT molecular complexity index is 1570. The molecule has 1 heterocycles. The summed E-state index contributed by atoms with van der Waals surface area (Å²) < 4.78 is 18.2. The maximum atomic E-state index is 14.4. The molecule has 222 valence electrons. The van der Waals surface area contributed by atoms with Crippen molar-refractivity contribution in [1.82, 2.24) is 15.0 Å². The number of amides is 3. The summed E-state index contributed by atoms with van der Waals surface area (Å²) in [6.07, 6.45) is 5.01. The van der Waals surface area contributed by atoms with Crippen molar-refractivity contribution in [2.24, 2.45) is 0 Å². The van der Waals surface area contributed by atoms with Crippen molar-refractivity contribution in [1.29, 1.82) is 0 Å². The van der Waals surface area contributed by atoms with Crippen LogP contribution in [0.4, 0.5) is 15.8 Å². The standard InChI is InChI=1S/C33H34FN5O3S/c1-21-12-18-26(19-13-21)39(33(42)30-27(35)28(38-43-30)31(40)37-25-10-6-3-7-11-25)29(23-14-16-24(34)17-15-23)32(41)36-20-22-8-4-2-5-9-22/h2,4-5,8-9,12-19,25,29H,3,6-7,10-11,20,35H2,1H3,(H,36,41)(H,37,40)/t29-/m0/s1. The number of carbonyl (C=O) groups is 3. The molecule has 0 unspecified atom stereocenters. The van der Waals surface area contributed by atoms with E-state index >= 15 is 0 Å². The van der Waals surface area contributed by atoms with Crippen molar-refractivity contribution in [2.75, 3.05) is 10.6 Å². The van der Waals surface area contributed by atoms with Crippen LogP contribution in [-0.4, -0.2) is 28.1 Å². The lowest BCUT2D eigenvalue weighted by molar-refractivity contribution is -0.122. The smallest absolute Gasteiger partial charge is 0.273 e. The lowest BCUT2D eigenvalue weighted by atomic mass is 9.95. The van der Waals surface area contributed by atoms with Crippen LogP contribution in [0.5, 0.6) is 0 Å². The van der Waals surface area contributed by atoms with E-state index in [1.807, 2.05) is 49.4 Å². The van der Waals surface area contributed by atoms with E-state index in [1.54, 1.807) is 12.1 Å². The number of nitrogens with two attached hydrogens (primary N) is 1. The first kappa shape index (κ1) is 29.9. The van der Waals surface area contributed by atoms with Gasteiger partial charge in [-0.1, -0.05) is 79.4 Å². The average molecular weight is 600 g/mol. The van der Waals surface area contributed by atoms with Crippen LogP contribution in [0.1, 0.15) is 75.0 Å². The van der Waals surface area contributed by atoms with E-state index in [4.69, 9.17) is 5.73 Å². The molecule has 43 heavy (non-hydrogen) atoms. The van der Waals surface area contributed by atoms with E-state index in [1.165, 1.54) is 29.2 Å². The second-order valence-corrected chi connectivity index (χ2v) is 11.5. The number of rotatable bonds is 9. The predicted octanol–water partition coefficient (Wildman–Crippen LogP) is 5.94. The van der Waals surface area contributed by atoms with Crippen LogP contribution in [0.15, 0.2) is 78.9 Å². The maximum Gasteiger partial charge on any atom is 0.273 e. The molecule has 1 aliphatic carbocycles. The van der Waals surface area contributed by atoms with Crippen molar-refractivity contribution < 1.29 is 18.8 Å². The average Bonchev–Trinajstić information content (AvgIpc) is 3.42. The molecule has 0 radical (unpaired) electrons. The minimum absolute atomic E-state index is 0.00496. The normalized spacial score (nSPS) is 14.1. The summed E-state index contributed by atoms with van der Waals surface area (Å²) in [6.45, 7) is 2.14. The van der Waals surface area contributed by atoms with Gasteiger partial charge in [-0.3, -0.25) is 19.3 Å². The predicted molar refractivity (Wildman–Crippen MR) is 166 cm³/mol. The van der Waals surface area contributed by atoms with Crippen molar-refractivity contribution in [3.8, 4) is 0 Å². The molecule has 4 aromatic rings. The third-order valence-electron chi connectivity index (χ3n) is 7.61. The van der Waals surface area contributed by atoms with Gasteiger partial charge in [0.15, 0.2) is 5.69 Å². The second-order valence-electron chi connectivity index (χ2n) is 10.8. The van der Waals surface area contributed by atoms with Crippen LogP contribution in [-0.2, 0) is 11.3 Å². The van der Waals surface area contributed by atoms with Crippen LogP contribution < -0.4 is 21.3 Å². The highest BCUT2D eigenvalue weighted by Gasteiger charge is 2.36. The van der Waals surface area contributed by atoms with Gasteiger partial charge >= 0.3 is 0 Å². The number of nitrogens with zero attached hydrogens (tertiary/aromatic N) is 2. The van der Waals surface area contributed by atoms with E-state index in [0.29, 0.717) is 11.3 Å². The van der Waals surface area contributed by atoms with Crippen LogP contribution in [0, 0.1) is 12.7 Å². The number of hydrogen-bond donors (Lipinski definition) is 3. The first-order chi connectivity index (χ1) is 20.8. The molecule has 1 fully saturated rings. The van der Waals surface area contributed by atoms with Gasteiger partial charge in [0.2, 0.25) is 5.91 Å².